The highest BCUT2D eigenvalue weighted by Crippen LogP contribution is 2.22. The Hall–Kier alpha value is -3.37. The molecule has 2 aromatic carbocycles. The predicted octanol–water partition coefficient (Wildman–Crippen LogP) is 2.30. The lowest BCUT2D eigenvalue weighted by atomic mass is 10.2. The molecule has 7 nitrogen and oxygen atoms in total. The van der Waals surface area contributed by atoms with Gasteiger partial charge in [-0.1, -0.05) is 0 Å². The summed E-state index contributed by atoms with van der Waals surface area (Å²) in [7, 11) is 2.12. The van der Waals surface area contributed by atoms with Crippen molar-refractivity contribution in [1.82, 2.24) is 4.90 Å². The van der Waals surface area contributed by atoms with Gasteiger partial charge in [-0.2, -0.15) is 5.26 Å². The molecule has 1 aliphatic heterocycles. The zero-order valence-corrected chi connectivity index (χ0v) is 16.8. The van der Waals surface area contributed by atoms with Crippen LogP contribution in [0.15, 0.2) is 48.5 Å². The smallest absolute Gasteiger partial charge is 0.244 e. The molecular formula is C22H25N5O2. The second kappa shape index (κ2) is 9.22. The van der Waals surface area contributed by atoms with Gasteiger partial charge in [0.2, 0.25) is 11.8 Å². The first-order valence-electron chi connectivity index (χ1n) is 9.58. The maximum Gasteiger partial charge on any atom is 0.244 e. The lowest BCUT2D eigenvalue weighted by molar-refractivity contribution is -0.120. The van der Waals surface area contributed by atoms with Crippen molar-refractivity contribution in [1.29, 1.82) is 5.26 Å². The van der Waals surface area contributed by atoms with Crippen molar-refractivity contribution in [2.75, 3.05) is 54.9 Å². The van der Waals surface area contributed by atoms with Crippen molar-refractivity contribution < 1.29 is 9.59 Å². The van der Waals surface area contributed by atoms with Crippen molar-refractivity contribution in [2.24, 2.45) is 0 Å². The predicted molar refractivity (Wildman–Crippen MR) is 114 cm³/mol. The Morgan fingerprint density at radius 2 is 1.66 bits per heavy atom. The van der Waals surface area contributed by atoms with Gasteiger partial charge in [-0.05, 0) is 55.6 Å². The third kappa shape index (κ3) is 5.33. The number of carbonyl (C=O) groups is 2. The summed E-state index contributed by atoms with van der Waals surface area (Å²) in [4.78, 5) is 30.6. The number of anilines is 3. The van der Waals surface area contributed by atoms with Crippen molar-refractivity contribution in [3.63, 3.8) is 0 Å². The van der Waals surface area contributed by atoms with E-state index >= 15 is 0 Å². The Balaban J connectivity index is 1.65. The van der Waals surface area contributed by atoms with E-state index in [4.69, 9.17) is 5.26 Å². The summed E-state index contributed by atoms with van der Waals surface area (Å²) in [5.41, 5.74) is 2.91. The molecule has 0 saturated carbocycles. The number of likely N-dealkylation sites (N-methyl/N-ethyl adjacent to an activating group) is 1. The van der Waals surface area contributed by atoms with E-state index < -0.39 is 0 Å². The van der Waals surface area contributed by atoms with Crippen molar-refractivity contribution in [2.45, 2.75) is 6.92 Å². The van der Waals surface area contributed by atoms with Gasteiger partial charge in [0.1, 0.15) is 6.54 Å². The minimum absolute atomic E-state index is 0.0802. The Bertz CT molecular complexity index is 894. The molecule has 1 heterocycles. The molecule has 0 unspecified atom stereocenters. The maximum atomic E-state index is 12.4. The average Bonchev–Trinajstić information content (AvgIpc) is 2.73. The molecule has 1 fully saturated rings. The lowest BCUT2D eigenvalue weighted by Gasteiger charge is -2.34. The Labute approximate surface area is 171 Å². The molecular weight excluding hydrogens is 366 g/mol. The largest absolute Gasteiger partial charge is 0.369 e. The first-order valence-corrected chi connectivity index (χ1v) is 9.58. The summed E-state index contributed by atoms with van der Waals surface area (Å²) in [5, 5.41) is 11.6. The normalized spacial score (nSPS) is 14.2. The molecule has 1 saturated heterocycles. The first-order chi connectivity index (χ1) is 14.0. The topological polar surface area (TPSA) is 79.7 Å². The van der Waals surface area contributed by atoms with Gasteiger partial charge < -0.3 is 20.0 Å². The highest BCUT2D eigenvalue weighted by molar-refractivity contribution is 6.01. The van der Waals surface area contributed by atoms with Gasteiger partial charge in [-0.15, -0.1) is 0 Å². The van der Waals surface area contributed by atoms with Crippen LogP contribution < -0.4 is 15.1 Å². The van der Waals surface area contributed by atoms with E-state index in [2.05, 4.69) is 22.2 Å². The van der Waals surface area contributed by atoms with E-state index in [1.807, 2.05) is 30.3 Å². The SMILES string of the molecule is CC(=O)N(CC(=O)Nc1ccc(C#N)cc1)c1ccc(N2CCN(C)CC2)cc1. The first kappa shape index (κ1) is 20.4. The fraction of sp³-hybridized carbons (Fsp3) is 0.318. The van der Waals surface area contributed by atoms with E-state index in [0.717, 1.165) is 31.9 Å². The number of nitriles is 1. The molecule has 150 valence electrons. The zero-order valence-electron chi connectivity index (χ0n) is 16.8. The zero-order chi connectivity index (χ0) is 20.8. The minimum Gasteiger partial charge on any atom is -0.369 e. The molecule has 7 heteroatoms. The van der Waals surface area contributed by atoms with Gasteiger partial charge in [0.25, 0.3) is 0 Å². The molecule has 0 aliphatic carbocycles. The van der Waals surface area contributed by atoms with Crippen LogP contribution in [0.1, 0.15) is 12.5 Å². The van der Waals surface area contributed by atoms with Gasteiger partial charge in [0.05, 0.1) is 11.6 Å². The summed E-state index contributed by atoms with van der Waals surface area (Å²) in [6, 6.07) is 16.4. The summed E-state index contributed by atoms with van der Waals surface area (Å²) < 4.78 is 0. The van der Waals surface area contributed by atoms with Crippen LogP contribution in [-0.4, -0.2) is 56.5 Å². The van der Waals surface area contributed by atoms with Gasteiger partial charge in [0, 0.05) is 50.2 Å². The third-order valence-electron chi connectivity index (χ3n) is 5.01. The molecule has 0 spiro atoms. The number of amides is 2. The lowest BCUT2D eigenvalue weighted by Crippen LogP contribution is -2.44. The number of nitrogens with zero attached hydrogens (tertiary/aromatic N) is 4. The number of hydrogen-bond donors (Lipinski definition) is 1. The van der Waals surface area contributed by atoms with Crippen LogP contribution in [0.5, 0.6) is 0 Å². The monoisotopic (exact) mass is 391 g/mol. The number of nitrogens with one attached hydrogen (secondary N) is 1. The number of benzene rings is 2. The molecule has 29 heavy (non-hydrogen) atoms. The van der Waals surface area contributed by atoms with Crippen molar-refractivity contribution in [3.05, 3.63) is 54.1 Å². The molecule has 2 aromatic rings. The van der Waals surface area contributed by atoms with Crippen LogP contribution in [0.25, 0.3) is 0 Å². The van der Waals surface area contributed by atoms with Crippen molar-refractivity contribution in [3.8, 4) is 6.07 Å². The number of carbonyl (C=O) groups excluding carboxylic acids is 2. The van der Waals surface area contributed by atoms with E-state index in [9.17, 15) is 9.59 Å². The second-order valence-corrected chi connectivity index (χ2v) is 7.15. The highest BCUT2D eigenvalue weighted by Gasteiger charge is 2.18. The molecule has 1 N–H and O–H groups in total. The standard InChI is InChI=1S/C22H25N5O2/c1-17(28)27(16-22(29)24-19-5-3-18(15-23)4-6-19)21-9-7-20(8-10-21)26-13-11-25(2)12-14-26/h3-10H,11-14,16H2,1-2H3,(H,24,29). The van der Waals surface area contributed by atoms with E-state index in [1.165, 1.54) is 11.8 Å². The van der Waals surface area contributed by atoms with Gasteiger partial charge in [-0.3, -0.25) is 9.59 Å². The molecule has 0 bridgehead atoms. The summed E-state index contributed by atoms with van der Waals surface area (Å²) in [5.74, 6) is -0.500. The van der Waals surface area contributed by atoms with E-state index in [-0.39, 0.29) is 18.4 Å². The Morgan fingerprint density at radius 1 is 1.03 bits per heavy atom. The summed E-state index contributed by atoms with van der Waals surface area (Å²) >= 11 is 0. The highest BCUT2D eigenvalue weighted by atomic mass is 16.2. The molecule has 0 radical (unpaired) electrons. The second-order valence-electron chi connectivity index (χ2n) is 7.15. The summed E-state index contributed by atoms with van der Waals surface area (Å²) in [6.45, 7) is 5.36. The Morgan fingerprint density at radius 3 is 2.21 bits per heavy atom. The van der Waals surface area contributed by atoms with Crippen LogP contribution in [0.2, 0.25) is 0 Å². The van der Waals surface area contributed by atoms with Crippen LogP contribution >= 0.6 is 0 Å². The molecule has 0 atom stereocenters. The van der Waals surface area contributed by atoms with Crippen LogP contribution in [0.3, 0.4) is 0 Å². The number of rotatable bonds is 5. The molecule has 1 aliphatic rings. The van der Waals surface area contributed by atoms with Crippen molar-refractivity contribution >= 4 is 28.9 Å². The summed E-state index contributed by atoms with van der Waals surface area (Å²) in [6.07, 6.45) is 0. The average molecular weight is 391 g/mol. The Kier molecular flexibility index (Phi) is 6.47. The number of piperazine rings is 1. The molecule has 3 rings (SSSR count). The quantitative estimate of drug-likeness (QED) is 0.846. The van der Waals surface area contributed by atoms with Crippen LogP contribution in [0.4, 0.5) is 17.1 Å². The number of hydrogen-bond acceptors (Lipinski definition) is 5. The van der Waals surface area contributed by atoms with Gasteiger partial charge >= 0.3 is 0 Å². The van der Waals surface area contributed by atoms with Gasteiger partial charge in [-0.25, -0.2) is 0 Å². The van der Waals surface area contributed by atoms with Gasteiger partial charge in [0.15, 0.2) is 0 Å². The molecule has 0 aromatic heterocycles. The van der Waals surface area contributed by atoms with E-state index in [0.29, 0.717) is 16.9 Å². The van der Waals surface area contributed by atoms with Crippen LogP contribution in [-0.2, 0) is 9.59 Å². The molecule has 2 amide bonds. The van der Waals surface area contributed by atoms with Crippen LogP contribution in [0, 0.1) is 11.3 Å². The fourth-order valence-electron chi connectivity index (χ4n) is 3.26. The fourth-order valence-corrected chi connectivity index (χ4v) is 3.26. The maximum absolute atomic E-state index is 12.4. The third-order valence-corrected chi connectivity index (χ3v) is 5.01. The van der Waals surface area contributed by atoms with E-state index in [1.54, 1.807) is 24.3 Å². The minimum atomic E-state index is -0.298.